The summed E-state index contributed by atoms with van der Waals surface area (Å²) < 4.78 is 1.32. The van der Waals surface area contributed by atoms with Crippen LogP contribution < -0.4 is 5.73 Å². The number of nitrogens with zero attached hydrogens (tertiary/aromatic N) is 1. The molecule has 0 aromatic carbocycles. The third kappa shape index (κ3) is 2.59. The molecule has 3 nitrogen and oxygen atoms in total. The molecule has 1 aromatic heterocycles. The number of amides is 1. The quantitative estimate of drug-likeness (QED) is 0.837. The first-order valence-electron chi connectivity index (χ1n) is 5.37. The predicted molar refractivity (Wildman–Crippen MR) is 68.7 cm³/mol. The summed E-state index contributed by atoms with van der Waals surface area (Å²) in [4.78, 5) is 14.8. The molecule has 1 fully saturated rings. The Labute approximate surface area is 104 Å². The standard InChI is InChI=1S/C11H16N2OS2/c1-15-10-5-4-8(16-10)7-13-6-2-3-9(13)11(12)14/h4-5,9H,2-3,6-7H2,1H3,(H2,12,14)/t9-/m0/s1. The lowest BCUT2D eigenvalue weighted by Gasteiger charge is -2.20. The Hall–Kier alpha value is -0.520. The summed E-state index contributed by atoms with van der Waals surface area (Å²) in [5.41, 5.74) is 5.39. The number of hydrogen-bond donors (Lipinski definition) is 1. The van der Waals surface area contributed by atoms with Crippen molar-refractivity contribution in [3.05, 3.63) is 17.0 Å². The minimum Gasteiger partial charge on any atom is -0.368 e. The highest BCUT2D eigenvalue weighted by Gasteiger charge is 2.28. The van der Waals surface area contributed by atoms with Gasteiger partial charge in [-0.05, 0) is 37.8 Å². The normalized spacial score (nSPS) is 21.4. The van der Waals surface area contributed by atoms with Gasteiger partial charge in [0.1, 0.15) is 0 Å². The Kier molecular flexibility index (Phi) is 3.89. The van der Waals surface area contributed by atoms with E-state index in [2.05, 4.69) is 23.3 Å². The van der Waals surface area contributed by atoms with Gasteiger partial charge >= 0.3 is 0 Å². The highest BCUT2D eigenvalue weighted by molar-refractivity contribution is 8.00. The summed E-state index contributed by atoms with van der Waals surface area (Å²) in [6.45, 7) is 1.85. The van der Waals surface area contributed by atoms with Crippen LogP contribution in [0.25, 0.3) is 0 Å². The van der Waals surface area contributed by atoms with Crippen molar-refractivity contribution >= 4 is 29.0 Å². The van der Waals surface area contributed by atoms with E-state index in [1.54, 1.807) is 23.1 Å². The maximum atomic E-state index is 11.2. The minimum absolute atomic E-state index is 0.0557. The Morgan fingerprint density at radius 1 is 1.69 bits per heavy atom. The number of rotatable bonds is 4. The summed E-state index contributed by atoms with van der Waals surface area (Å²) >= 11 is 3.57. The van der Waals surface area contributed by atoms with E-state index in [0.29, 0.717) is 0 Å². The van der Waals surface area contributed by atoms with Gasteiger partial charge in [0, 0.05) is 11.4 Å². The third-order valence-electron chi connectivity index (χ3n) is 2.89. The Morgan fingerprint density at radius 3 is 3.12 bits per heavy atom. The molecule has 1 aliphatic rings. The molecule has 1 amide bonds. The monoisotopic (exact) mass is 256 g/mol. The van der Waals surface area contributed by atoms with E-state index >= 15 is 0 Å². The average Bonchev–Trinajstić information content (AvgIpc) is 2.87. The lowest BCUT2D eigenvalue weighted by molar-refractivity contribution is -0.122. The van der Waals surface area contributed by atoms with Gasteiger partial charge in [0.15, 0.2) is 0 Å². The molecule has 1 aliphatic heterocycles. The van der Waals surface area contributed by atoms with Crippen molar-refractivity contribution in [1.29, 1.82) is 0 Å². The van der Waals surface area contributed by atoms with E-state index in [-0.39, 0.29) is 11.9 Å². The van der Waals surface area contributed by atoms with Crippen molar-refractivity contribution in [3.63, 3.8) is 0 Å². The van der Waals surface area contributed by atoms with Gasteiger partial charge in [0.25, 0.3) is 0 Å². The molecule has 2 heterocycles. The summed E-state index contributed by atoms with van der Waals surface area (Å²) in [6, 6.07) is 4.23. The Balaban J connectivity index is 2.00. The smallest absolute Gasteiger partial charge is 0.234 e. The molecule has 2 rings (SSSR count). The van der Waals surface area contributed by atoms with Crippen molar-refractivity contribution < 1.29 is 4.79 Å². The molecular formula is C11H16N2OS2. The van der Waals surface area contributed by atoms with Gasteiger partial charge in [-0.2, -0.15) is 0 Å². The largest absolute Gasteiger partial charge is 0.368 e. The summed E-state index contributed by atoms with van der Waals surface area (Å²) in [7, 11) is 0. The van der Waals surface area contributed by atoms with Gasteiger partial charge in [0.05, 0.1) is 10.3 Å². The van der Waals surface area contributed by atoms with E-state index in [4.69, 9.17) is 5.73 Å². The lowest BCUT2D eigenvalue weighted by Crippen LogP contribution is -2.39. The first-order chi connectivity index (χ1) is 7.70. The molecular weight excluding hydrogens is 240 g/mol. The van der Waals surface area contributed by atoms with Crippen molar-refractivity contribution in [1.82, 2.24) is 4.90 Å². The predicted octanol–water partition coefficient (Wildman–Crippen LogP) is 1.92. The molecule has 1 atom stereocenters. The first kappa shape index (κ1) is 12.0. The van der Waals surface area contributed by atoms with E-state index in [9.17, 15) is 4.79 Å². The SMILES string of the molecule is CSc1ccc(CN2CCC[C@H]2C(N)=O)s1. The van der Waals surface area contributed by atoms with Crippen LogP contribution in [0.2, 0.25) is 0 Å². The fourth-order valence-electron chi connectivity index (χ4n) is 2.09. The maximum Gasteiger partial charge on any atom is 0.234 e. The fourth-order valence-corrected chi connectivity index (χ4v) is 3.71. The van der Waals surface area contributed by atoms with Crippen LogP contribution in [0, 0.1) is 0 Å². The molecule has 0 radical (unpaired) electrons. The summed E-state index contributed by atoms with van der Waals surface area (Å²) in [5, 5.41) is 0. The second-order valence-corrected chi connectivity index (χ2v) is 6.23. The van der Waals surface area contributed by atoms with E-state index in [1.807, 2.05) is 0 Å². The molecule has 0 saturated carbocycles. The summed E-state index contributed by atoms with van der Waals surface area (Å²) in [5.74, 6) is -0.181. The van der Waals surface area contributed by atoms with Crippen LogP contribution >= 0.6 is 23.1 Å². The number of nitrogens with two attached hydrogens (primary N) is 1. The lowest BCUT2D eigenvalue weighted by atomic mass is 10.2. The van der Waals surface area contributed by atoms with Gasteiger partial charge < -0.3 is 5.73 Å². The van der Waals surface area contributed by atoms with Gasteiger partial charge in [-0.25, -0.2) is 0 Å². The van der Waals surface area contributed by atoms with Crippen LogP contribution in [-0.2, 0) is 11.3 Å². The molecule has 0 unspecified atom stereocenters. The van der Waals surface area contributed by atoms with Crippen LogP contribution in [0.5, 0.6) is 0 Å². The zero-order chi connectivity index (χ0) is 11.5. The van der Waals surface area contributed by atoms with Gasteiger partial charge in [-0.1, -0.05) is 0 Å². The van der Waals surface area contributed by atoms with Crippen molar-refractivity contribution in [2.45, 2.75) is 29.6 Å². The number of thiophene rings is 1. The van der Waals surface area contributed by atoms with E-state index < -0.39 is 0 Å². The molecule has 2 N–H and O–H groups in total. The second-order valence-electron chi connectivity index (χ2n) is 3.96. The van der Waals surface area contributed by atoms with Crippen molar-refractivity contribution in [2.24, 2.45) is 5.73 Å². The number of carbonyl (C=O) groups excluding carboxylic acids is 1. The number of hydrogen-bond acceptors (Lipinski definition) is 4. The Morgan fingerprint density at radius 2 is 2.50 bits per heavy atom. The number of thioether (sulfide) groups is 1. The topological polar surface area (TPSA) is 46.3 Å². The second kappa shape index (κ2) is 5.21. The van der Waals surface area contributed by atoms with E-state index in [1.165, 1.54) is 9.09 Å². The Bertz CT molecular complexity index is 378. The first-order valence-corrected chi connectivity index (χ1v) is 7.41. The zero-order valence-electron chi connectivity index (χ0n) is 9.31. The fraction of sp³-hybridized carbons (Fsp3) is 0.545. The van der Waals surface area contributed by atoms with Crippen LogP contribution in [0.3, 0.4) is 0 Å². The number of carbonyl (C=O) groups is 1. The molecule has 16 heavy (non-hydrogen) atoms. The van der Waals surface area contributed by atoms with Crippen molar-refractivity contribution in [2.75, 3.05) is 12.8 Å². The molecule has 1 saturated heterocycles. The van der Waals surface area contributed by atoms with Crippen molar-refractivity contribution in [3.8, 4) is 0 Å². The zero-order valence-corrected chi connectivity index (χ0v) is 10.9. The average molecular weight is 256 g/mol. The molecule has 1 aromatic rings. The van der Waals surface area contributed by atoms with Crippen LogP contribution in [0.1, 0.15) is 17.7 Å². The van der Waals surface area contributed by atoms with Gasteiger partial charge in [-0.3, -0.25) is 9.69 Å². The number of likely N-dealkylation sites (tertiary alicyclic amines) is 1. The molecule has 0 bridgehead atoms. The van der Waals surface area contributed by atoms with Crippen LogP contribution in [-0.4, -0.2) is 29.6 Å². The van der Waals surface area contributed by atoms with Crippen LogP contribution in [0.4, 0.5) is 0 Å². The highest BCUT2D eigenvalue weighted by atomic mass is 32.2. The molecule has 88 valence electrons. The van der Waals surface area contributed by atoms with E-state index in [0.717, 1.165) is 25.9 Å². The van der Waals surface area contributed by atoms with Gasteiger partial charge in [-0.15, -0.1) is 23.1 Å². The third-order valence-corrected chi connectivity index (χ3v) is 5.04. The maximum absolute atomic E-state index is 11.2. The minimum atomic E-state index is -0.181. The molecule has 0 spiro atoms. The molecule has 5 heteroatoms. The number of primary amides is 1. The van der Waals surface area contributed by atoms with Gasteiger partial charge in [0.2, 0.25) is 5.91 Å². The summed E-state index contributed by atoms with van der Waals surface area (Å²) in [6.07, 6.45) is 4.07. The molecule has 0 aliphatic carbocycles. The van der Waals surface area contributed by atoms with Crippen LogP contribution in [0.15, 0.2) is 16.3 Å². The highest BCUT2D eigenvalue weighted by Crippen LogP contribution is 2.28.